The lowest BCUT2D eigenvalue weighted by Crippen LogP contribution is -2.39. The summed E-state index contributed by atoms with van der Waals surface area (Å²) in [5, 5.41) is 4.15. The molecule has 0 amide bonds. The largest absolute Gasteiger partial charge is 0.455 e. The Morgan fingerprint density at radius 1 is 1.12 bits per heavy atom. The molecule has 0 saturated heterocycles. The molecule has 0 unspecified atom stereocenters. The number of rotatable bonds is 5. The minimum absolute atomic E-state index is 0.361. The van der Waals surface area contributed by atoms with Crippen LogP contribution in [0.25, 0.3) is 0 Å². The molecule has 1 aliphatic rings. The molecule has 24 heavy (non-hydrogen) atoms. The number of oxime groups is 1. The van der Waals surface area contributed by atoms with Gasteiger partial charge in [-0.25, -0.2) is 0 Å². The monoisotopic (exact) mass is 325 g/mol. The average molecular weight is 325 g/mol. The van der Waals surface area contributed by atoms with E-state index in [0.717, 1.165) is 16.8 Å². The van der Waals surface area contributed by atoms with Crippen molar-refractivity contribution in [2.24, 2.45) is 5.16 Å². The van der Waals surface area contributed by atoms with Crippen molar-refractivity contribution in [3.8, 4) is 0 Å². The van der Waals surface area contributed by atoms with E-state index in [1.165, 1.54) is 6.92 Å². The molecule has 2 aromatic rings. The number of hydrogen-bond acceptors (Lipinski definition) is 5. The Morgan fingerprint density at radius 3 is 2.46 bits per heavy atom. The van der Waals surface area contributed by atoms with Gasteiger partial charge in [-0.1, -0.05) is 65.8 Å². The molecule has 0 aliphatic carbocycles. The van der Waals surface area contributed by atoms with E-state index in [9.17, 15) is 4.79 Å². The lowest BCUT2D eigenvalue weighted by molar-refractivity contribution is -0.217. The van der Waals surface area contributed by atoms with Gasteiger partial charge in [0.2, 0.25) is 0 Å². The van der Waals surface area contributed by atoms with Crippen molar-refractivity contribution in [1.29, 1.82) is 0 Å². The second kappa shape index (κ2) is 7.75. The number of ether oxygens (including phenoxy) is 2. The third-order valence-corrected chi connectivity index (χ3v) is 3.65. The van der Waals surface area contributed by atoms with Crippen LogP contribution in [0.5, 0.6) is 0 Å². The summed E-state index contributed by atoms with van der Waals surface area (Å²) in [6.07, 6.45) is -0.802. The predicted molar refractivity (Wildman–Crippen MR) is 89.3 cm³/mol. The van der Waals surface area contributed by atoms with Gasteiger partial charge in [0.05, 0.1) is 12.3 Å². The minimum atomic E-state index is -0.721. The van der Waals surface area contributed by atoms with Gasteiger partial charge in [0.1, 0.15) is 0 Å². The number of nitrogens with zero attached hydrogens (tertiary/aromatic N) is 1. The van der Waals surface area contributed by atoms with Crippen LogP contribution in [0, 0.1) is 0 Å². The Kier molecular flexibility index (Phi) is 5.23. The molecule has 0 saturated carbocycles. The summed E-state index contributed by atoms with van der Waals surface area (Å²) in [6.45, 7) is 1.74. The van der Waals surface area contributed by atoms with Crippen LogP contribution in [0.4, 0.5) is 0 Å². The maximum Gasteiger partial charge on any atom is 0.303 e. The first-order valence-corrected chi connectivity index (χ1v) is 7.83. The third-order valence-electron chi connectivity index (χ3n) is 3.65. The van der Waals surface area contributed by atoms with Crippen LogP contribution in [0.2, 0.25) is 0 Å². The van der Waals surface area contributed by atoms with Gasteiger partial charge in [-0.15, -0.1) is 0 Å². The molecule has 0 spiro atoms. The fraction of sp³-hybridized carbons (Fsp3) is 0.263. The lowest BCUT2D eigenvalue weighted by Gasteiger charge is -2.29. The van der Waals surface area contributed by atoms with Crippen molar-refractivity contribution in [1.82, 2.24) is 0 Å². The molecule has 0 radical (unpaired) electrons. The van der Waals surface area contributed by atoms with Crippen LogP contribution in [0.1, 0.15) is 24.5 Å². The summed E-state index contributed by atoms with van der Waals surface area (Å²) in [4.78, 5) is 16.9. The maximum atomic E-state index is 11.4. The number of hydrogen-bond donors (Lipinski definition) is 0. The molecule has 0 fully saturated rings. The first-order chi connectivity index (χ1) is 11.7. The van der Waals surface area contributed by atoms with Gasteiger partial charge in [-0.3, -0.25) is 4.79 Å². The van der Waals surface area contributed by atoms with Crippen molar-refractivity contribution in [3.05, 3.63) is 71.8 Å². The van der Waals surface area contributed by atoms with E-state index in [4.69, 9.17) is 14.3 Å². The van der Waals surface area contributed by atoms with Gasteiger partial charge in [-0.05, 0) is 11.1 Å². The lowest BCUT2D eigenvalue weighted by atomic mass is 10.0. The first kappa shape index (κ1) is 16.2. The molecule has 1 aliphatic heterocycles. The molecular formula is C19H19NO4. The quantitative estimate of drug-likeness (QED) is 0.792. The van der Waals surface area contributed by atoms with Crippen molar-refractivity contribution in [3.63, 3.8) is 0 Å². The molecule has 2 atom stereocenters. The molecule has 124 valence electrons. The minimum Gasteiger partial charge on any atom is -0.455 e. The van der Waals surface area contributed by atoms with Crippen LogP contribution in [0.15, 0.2) is 65.8 Å². The molecule has 0 N–H and O–H groups in total. The number of esters is 1. The fourth-order valence-corrected chi connectivity index (χ4v) is 2.51. The van der Waals surface area contributed by atoms with E-state index in [-0.39, 0.29) is 5.97 Å². The Hall–Kier alpha value is -2.66. The maximum absolute atomic E-state index is 11.4. The Morgan fingerprint density at radius 2 is 1.79 bits per heavy atom. The van der Waals surface area contributed by atoms with E-state index in [2.05, 4.69) is 5.16 Å². The first-order valence-electron chi connectivity index (χ1n) is 7.83. The van der Waals surface area contributed by atoms with Gasteiger partial charge < -0.3 is 14.3 Å². The van der Waals surface area contributed by atoms with Crippen LogP contribution >= 0.6 is 0 Å². The smallest absolute Gasteiger partial charge is 0.303 e. The average Bonchev–Trinajstić information content (AvgIpc) is 2.62. The van der Waals surface area contributed by atoms with Gasteiger partial charge in [0.25, 0.3) is 6.29 Å². The van der Waals surface area contributed by atoms with E-state index >= 15 is 0 Å². The highest BCUT2D eigenvalue weighted by atomic mass is 16.8. The Labute approximate surface area is 140 Å². The fourth-order valence-electron chi connectivity index (χ4n) is 2.51. The van der Waals surface area contributed by atoms with Gasteiger partial charge in [0, 0.05) is 13.3 Å². The highest BCUT2D eigenvalue weighted by Crippen LogP contribution is 2.22. The number of carbonyl (C=O) groups excluding carboxylic acids is 1. The van der Waals surface area contributed by atoms with Crippen molar-refractivity contribution in [2.75, 3.05) is 0 Å². The summed E-state index contributed by atoms with van der Waals surface area (Å²) in [5.74, 6) is -0.369. The van der Waals surface area contributed by atoms with E-state index in [0.29, 0.717) is 13.0 Å². The zero-order valence-electron chi connectivity index (χ0n) is 13.4. The van der Waals surface area contributed by atoms with Crippen LogP contribution in [0.3, 0.4) is 0 Å². The van der Waals surface area contributed by atoms with Crippen LogP contribution in [-0.2, 0) is 25.7 Å². The predicted octanol–water partition coefficient (Wildman–Crippen LogP) is 3.29. The summed E-state index contributed by atoms with van der Waals surface area (Å²) >= 11 is 0. The molecule has 0 bridgehead atoms. The number of benzene rings is 2. The zero-order valence-corrected chi connectivity index (χ0v) is 13.4. The molecule has 3 rings (SSSR count). The molecule has 5 heteroatoms. The van der Waals surface area contributed by atoms with E-state index in [1.807, 2.05) is 60.7 Å². The summed E-state index contributed by atoms with van der Waals surface area (Å²) in [6, 6.07) is 19.4. The normalized spacial score (nSPS) is 20.0. The van der Waals surface area contributed by atoms with E-state index in [1.54, 1.807) is 0 Å². The van der Waals surface area contributed by atoms with Gasteiger partial charge in [-0.2, -0.15) is 0 Å². The SMILES string of the molecule is CC(=O)O[C@H]1CC(c2ccccc2)=NO[C@H]1OCc1ccccc1. The van der Waals surface area contributed by atoms with Crippen LogP contribution < -0.4 is 0 Å². The Balaban J connectivity index is 1.70. The Bertz CT molecular complexity index is 700. The van der Waals surface area contributed by atoms with Crippen molar-refractivity contribution >= 4 is 11.7 Å². The van der Waals surface area contributed by atoms with Crippen molar-refractivity contribution in [2.45, 2.75) is 32.3 Å². The second-order valence-corrected chi connectivity index (χ2v) is 5.53. The zero-order chi connectivity index (χ0) is 16.8. The van der Waals surface area contributed by atoms with Gasteiger partial charge in [0.15, 0.2) is 6.10 Å². The van der Waals surface area contributed by atoms with Gasteiger partial charge >= 0.3 is 5.97 Å². The molecule has 1 heterocycles. The molecule has 5 nitrogen and oxygen atoms in total. The topological polar surface area (TPSA) is 57.1 Å². The highest BCUT2D eigenvalue weighted by molar-refractivity contribution is 6.00. The summed E-state index contributed by atoms with van der Waals surface area (Å²) in [7, 11) is 0. The summed E-state index contributed by atoms with van der Waals surface area (Å²) < 4.78 is 11.1. The summed E-state index contributed by atoms with van der Waals surface area (Å²) in [5.41, 5.74) is 2.69. The highest BCUT2D eigenvalue weighted by Gasteiger charge is 2.33. The molecular weight excluding hydrogens is 306 g/mol. The second-order valence-electron chi connectivity index (χ2n) is 5.53. The molecule has 0 aromatic heterocycles. The number of carbonyl (C=O) groups is 1. The molecule has 2 aromatic carbocycles. The van der Waals surface area contributed by atoms with Crippen molar-refractivity contribution < 1.29 is 19.1 Å². The third kappa shape index (κ3) is 4.20. The standard InChI is InChI=1S/C19H19NO4/c1-14(21)23-18-12-17(16-10-6-3-7-11-16)20-24-19(18)22-13-15-8-4-2-5-9-15/h2-11,18-19H,12-13H2,1H3/t18-,19+/m0/s1. The van der Waals surface area contributed by atoms with E-state index < -0.39 is 12.4 Å². The van der Waals surface area contributed by atoms with Crippen LogP contribution in [-0.4, -0.2) is 24.1 Å².